The SMILES string of the molecule is O=C(Cc1ccc(F)c(Br)c1)Nc1ccncc1. The van der Waals surface area contributed by atoms with Crippen LogP contribution in [-0.4, -0.2) is 10.9 Å². The molecule has 0 radical (unpaired) electrons. The summed E-state index contributed by atoms with van der Waals surface area (Å²) in [6.07, 6.45) is 3.40. The van der Waals surface area contributed by atoms with Gasteiger partial charge < -0.3 is 5.32 Å². The quantitative estimate of drug-likeness (QED) is 0.946. The summed E-state index contributed by atoms with van der Waals surface area (Å²) in [6, 6.07) is 7.93. The van der Waals surface area contributed by atoms with Gasteiger partial charge in [-0.1, -0.05) is 6.07 Å². The highest BCUT2D eigenvalue weighted by Gasteiger charge is 2.06. The van der Waals surface area contributed by atoms with Gasteiger partial charge in [-0.25, -0.2) is 4.39 Å². The smallest absolute Gasteiger partial charge is 0.228 e. The molecule has 1 N–H and O–H groups in total. The molecule has 0 aliphatic heterocycles. The fourth-order valence-electron chi connectivity index (χ4n) is 1.48. The minimum atomic E-state index is -0.340. The Kier molecular flexibility index (Phi) is 4.04. The van der Waals surface area contributed by atoms with E-state index in [9.17, 15) is 9.18 Å². The van der Waals surface area contributed by atoms with Crippen molar-refractivity contribution in [2.24, 2.45) is 0 Å². The molecule has 0 atom stereocenters. The molecule has 1 aromatic heterocycles. The van der Waals surface area contributed by atoms with Crippen molar-refractivity contribution in [1.29, 1.82) is 0 Å². The summed E-state index contributed by atoms with van der Waals surface area (Å²) < 4.78 is 13.4. The van der Waals surface area contributed by atoms with Crippen LogP contribution in [0.5, 0.6) is 0 Å². The Morgan fingerprint density at radius 3 is 2.67 bits per heavy atom. The topological polar surface area (TPSA) is 42.0 Å². The summed E-state index contributed by atoms with van der Waals surface area (Å²) >= 11 is 3.09. The summed E-state index contributed by atoms with van der Waals surface area (Å²) in [5.41, 5.74) is 1.44. The lowest BCUT2D eigenvalue weighted by Crippen LogP contribution is -2.14. The van der Waals surface area contributed by atoms with Crippen LogP contribution < -0.4 is 5.32 Å². The second kappa shape index (κ2) is 5.73. The molecule has 18 heavy (non-hydrogen) atoms. The van der Waals surface area contributed by atoms with Crippen molar-refractivity contribution in [2.45, 2.75) is 6.42 Å². The van der Waals surface area contributed by atoms with Crippen LogP contribution in [0.1, 0.15) is 5.56 Å². The van der Waals surface area contributed by atoms with Gasteiger partial charge in [0, 0.05) is 18.1 Å². The van der Waals surface area contributed by atoms with E-state index < -0.39 is 0 Å². The molecule has 1 aromatic carbocycles. The van der Waals surface area contributed by atoms with E-state index in [1.165, 1.54) is 6.07 Å². The first-order valence-electron chi connectivity index (χ1n) is 5.29. The number of hydrogen-bond acceptors (Lipinski definition) is 2. The first-order chi connectivity index (χ1) is 8.65. The monoisotopic (exact) mass is 308 g/mol. The lowest BCUT2D eigenvalue weighted by molar-refractivity contribution is -0.115. The van der Waals surface area contributed by atoms with E-state index in [2.05, 4.69) is 26.2 Å². The zero-order valence-electron chi connectivity index (χ0n) is 9.36. The molecule has 1 amide bonds. The van der Waals surface area contributed by atoms with Gasteiger partial charge in [-0.3, -0.25) is 9.78 Å². The van der Waals surface area contributed by atoms with Gasteiger partial charge in [0.1, 0.15) is 5.82 Å². The molecule has 5 heteroatoms. The molecule has 92 valence electrons. The van der Waals surface area contributed by atoms with Crippen LogP contribution in [0.25, 0.3) is 0 Å². The number of carbonyl (C=O) groups excluding carboxylic acids is 1. The van der Waals surface area contributed by atoms with E-state index >= 15 is 0 Å². The van der Waals surface area contributed by atoms with Gasteiger partial charge in [0.25, 0.3) is 0 Å². The van der Waals surface area contributed by atoms with Gasteiger partial charge in [-0.2, -0.15) is 0 Å². The minimum Gasteiger partial charge on any atom is -0.326 e. The predicted molar refractivity (Wildman–Crippen MR) is 70.7 cm³/mol. The van der Waals surface area contributed by atoms with Crippen LogP contribution in [0, 0.1) is 5.82 Å². The largest absolute Gasteiger partial charge is 0.326 e. The Balaban J connectivity index is 2.01. The molecule has 2 rings (SSSR count). The number of pyridine rings is 1. The fourth-order valence-corrected chi connectivity index (χ4v) is 1.90. The molecule has 0 aliphatic carbocycles. The van der Waals surface area contributed by atoms with Crippen LogP contribution >= 0.6 is 15.9 Å². The molecule has 0 saturated carbocycles. The van der Waals surface area contributed by atoms with E-state index in [-0.39, 0.29) is 18.1 Å². The van der Waals surface area contributed by atoms with E-state index in [0.29, 0.717) is 10.2 Å². The number of halogens is 2. The summed E-state index contributed by atoms with van der Waals surface area (Å²) in [7, 11) is 0. The zero-order chi connectivity index (χ0) is 13.0. The highest BCUT2D eigenvalue weighted by atomic mass is 79.9. The summed E-state index contributed by atoms with van der Waals surface area (Å²) in [4.78, 5) is 15.6. The number of amides is 1. The number of nitrogens with zero attached hydrogens (tertiary/aromatic N) is 1. The van der Waals surface area contributed by atoms with E-state index in [4.69, 9.17) is 0 Å². The average Bonchev–Trinajstić information content (AvgIpc) is 2.35. The molecule has 1 heterocycles. The number of rotatable bonds is 3. The Morgan fingerprint density at radius 1 is 1.28 bits per heavy atom. The van der Waals surface area contributed by atoms with E-state index in [0.717, 1.165) is 5.56 Å². The van der Waals surface area contributed by atoms with Crippen molar-refractivity contribution in [3.8, 4) is 0 Å². The van der Waals surface area contributed by atoms with Crippen LogP contribution in [0.3, 0.4) is 0 Å². The Morgan fingerprint density at radius 2 is 2.00 bits per heavy atom. The van der Waals surface area contributed by atoms with E-state index in [1.807, 2.05) is 0 Å². The van der Waals surface area contributed by atoms with Gasteiger partial charge in [-0.15, -0.1) is 0 Å². The number of aromatic nitrogens is 1. The number of carbonyl (C=O) groups is 1. The zero-order valence-corrected chi connectivity index (χ0v) is 10.9. The van der Waals surface area contributed by atoms with Crippen molar-refractivity contribution in [3.63, 3.8) is 0 Å². The molecule has 2 aromatic rings. The van der Waals surface area contributed by atoms with Gasteiger partial charge in [0.2, 0.25) is 5.91 Å². The van der Waals surface area contributed by atoms with Crippen molar-refractivity contribution < 1.29 is 9.18 Å². The number of nitrogens with one attached hydrogen (secondary N) is 1. The van der Waals surface area contributed by atoms with Crippen LogP contribution in [0.2, 0.25) is 0 Å². The maximum Gasteiger partial charge on any atom is 0.228 e. The molecule has 0 unspecified atom stereocenters. The molecule has 3 nitrogen and oxygen atoms in total. The number of hydrogen-bond donors (Lipinski definition) is 1. The first kappa shape index (κ1) is 12.7. The molecule has 0 bridgehead atoms. The predicted octanol–water partition coefficient (Wildman–Crippen LogP) is 3.16. The summed E-state index contributed by atoms with van der Waals surface area (Å²) in [5, 5.41) is 2.74. The third-order valence-electron chi connectivity index (χ3n) is 2.31. The normalized spacial score (nSPS) is 10.1. The van der Waals surface area contributed by atoms with Gasteiger partial charge in [-0.05, 0) is 45.8 Å². The van der Waals surface area contributed by atoms with Crippen LogP contribution in [-0.2, 0) is 11.2 Å². The molecular weight excluding hydrogens is 299 g/mol. The second-order valence-electron chi connectivity index (χ2n) is 3.71. The minimum absolute atomic E-state index is 0.153. The molecule has 0 saturated heterocycles. The fraction of sp³-hybridized carbons (Fsp3) is 0.0769. The average molecular weight is 309 g/mol. The van der Waals surface area contributed by atoms with Crippen molar-refractivity contribution in [2.75, 3.05) is 5.32 Å². The Hall–Kier alpha value is -1.75. The third kappa shape index (κ3) is 3.37. The molecule has 0 fully saturated rings. The number of benzene rings is 1. The maximum absolute atomic E-state index is 13.0. The highest BCUT2D eigenvalue weighted by molar-refractivity contribution is 9.10. The van der Waals surface area contributed by atoms with Crippen LogP contribution in [0.4, 0.5) is 10.1 Å². The van der Waals surface area contributed by atoms with Crippen molar-refractivity contribution in [3.05, 3.63) is 58.6 Å². The van der Waals surface area contributed by atoms with Crippen molar-refractivity contribution >= 4 is 27.5 Å². The van der Waals surface area contributed by atoms with Crippen LogP contribution in [0.15, 0.2) is 47.2 Å². The maximum atomic E-state index is 13.0. The highest BCUT2D eigenvalue weighted by Crippen LogP contribution is 2.17. The van der Waals surface area contributed by atoms with Gasteiger partial charge in [0.15, 0.2) is 0 Å². The lowest BCUT2D eigenvalue weighted by atomic mass is 10.1. The van der Waals surface area contributed by atoms with E-state index in [1.54, 1.807) is 36.7 Å². The molecular formula is C13H10BrFN2O. The Labute approximate surface area is 112 Å². The molecule has 0 spiro atoms. The summed E-state index contributed by atoms with van der Waals surface area (Å²) in [5.74, 6) is -0.493. The molecule has 0 aliphatic rings. The second-order valence-corrected chi connectivity index (χ2v) is 4.56. The Bertz CT molecular complexity index is 560. The third-order valence-corrected chi connectivity index (χ3v) is 2.92. The van der Waals surface area contributed by atoms with Gasteiger partial charge >= 0.3 is 0 Å². The summed E-state index contributed by atoms with van der Waals surface area (Å²) in [6.45, 7) is 0. The standard InChI is InChI=1S/C13H10BrFN2O/c14-11-7-9(1-2-12(11)15)8-13(18)17-10-3-5-16-6-4-10/h1-7H,8H2,(H,16,17,18). The number of anilines is 1. The van der Waals surface area contributed by atoms with Crippen molar-refractivity contribution in [1.82, 2.24) is 4.98 Å². The van der Waals surface area contributed by atoms with Gasteiger partial charge in [0.05, 0.1) is 10.9 Å². The lowest BCUT2D eigenvalue weighted by Gasteiger charge is -2.05. The first-order valence-corrected chi connectivity index (χ1v) is 6.08.